The van der Waals surface area contributed by atoms with Gasteiger partial charge in [-0.2, -0.15) is 0 Å². The highest BCUT2D eigenvalue weighted by atomic mass is 16.6. The zero-order valence-corrected chi connectivity index (χ0v) is 13.4. The van der Waals surface area contributed by atoms with Crippen LogP contribution in [0.15, 0.2) is 30.3 Å². The minimum absolute atomic E-state index is 0.0892. The fraction of sp³-hybridized carbons (Fsp3) is 0.588. The topological polar surface area (TPSA) is 59.0 Å². The molecule has 0 aliphatic carbocycles. The van der Waals surface area contributed by atoms with E-state index in [1.165, 1.54) is 0 Å². The average molecular weight is 307 g/mol. The Labute approximate surface area is 131 Å². The van der Waals surface area contributed by atoms with Gasteiger partial charge in [-0.1, -0.05) is 30.3 Å². The molecule has 0 bridgehead atoms. The molecule has 1 aromatic carbocycles. The lowest BCUT2D eigenvalue weighted by molar-refractivity contribution is -0.241. The first-order valence-electron chi connectivity index (χ1n) is 7.61. The molecule has 2 rings (SSSR count). The van der Waals surface area contributed by atoms with Gasteiger partial charge in [-0.3, -0.25) is 0 Å². The molecular formula is C17H25NO4. The molecule has 0 aromatic heterocycles. The molecule has 1 heterocycles. The van der Waals surface area contributed by atoms with Crippen LogP contribution in [0.1, 0.15) is 32.8 Å². The summed E-state index contributed by atoms with van der Waals surface area (Å²) in [6.07, 6.45) is 0.233. The molecular weight excluding hydrogens is 282 g/mol. The Morgan fingerprint density at radius 1 is 1.36 bits per heavy atom. The molecule has 0 saturated carbocycles. The maximum Gasteiger partial charge on any atom is 0.217 e. The van der Waals surface area contributed by atoms with E-state index in [1.54, 1.807) is 4.90 Å². The normalized spacial score (nSPS) is 24.4. The highest BCUT2D eigenvalue weighted by Gasteiger charge is 2.38. The first kappa shape index (κ1) is 17.1. The maximum absolute atomic E-state index is 11.2. The lowest BCUT2D eigenvalue weighted by Gasteiger charge is -2.31. The number of hydrogen-bond donors (Lipinski definition) is 1. The minimum atomic E-state index is -1.10. The molecule has 5 nitrogen and oxygen atoms in total. The van der Waals surface area contributed by atoms with Crippen molar-refractivity contribution in [3.8, 4) is 0 Å². The number of carbonyl (C=O) groups excluding carboxylic acids is 1. The number of benzene rings is 1. The Bertz CT molecular complexity index is 471. The van der Waals surface area contributed by atoms with Crippen LogP contribution < -0.4 is 0 Å². The van der Waals surface area contributed by atoms with Crippen molar-refractivity contribution < 1.29 is 19.4 Å². The number of rotatable bonds is 6. The largest absolute Gasteiger partial charge is 0.372 e. The van der Waals surface area contributed by atoms with Crippen LogP contribution in [0.5, 0.6) is 0 Å². The summed E-state index contributed by atoms with van der Waals surface area (Å²) < 4.78 is 11.4. The lowest BCUT2D eigenvalue weighted by Crippen LogP contribution is -2.45. The predicted molar refractivity (Wildman–Crippen MR) is 83.0 cm³/mol. The van der Waals surface area contributed by atoms with Crippen LogP contribution in [0.2, 0.25) is 0 Å². The first-order valence-corrected chi connectivity index (χ1v) is 7.61. The van der Waals surface area contributed by atoms with Crippen LogP contribution in [0.25, 0.3) is 0 Å². The molecule has 3 atom stereocenters. The Kier molecular flexibility index (Phi) is 5.69. The van der Waals surface area contributed by atoms with E-state index in [0.717, 1.165) is 11.8 Å². The van der Waals surface area contributed by atoms with Crippen LogP contribution in [-0.4, -0.2) is 47.0 Å². The SMILES string of the molecule is CC(C)(C)OC(O)N1C[C@@H](OCc2ccccc2)C[C@H]1C=O. The van der Waals surface area contributed by atoms with Gasteiger partial charge in [0.15, 0.2) is 0 Å². The number of ether oxygens (including phenoxy) is 2. The standard InChI is InChI=1S/C17H25NO4/c1-17(2,3)22-16(20)18-10-15(9-14(18)11-19)21-12-13-7-5-4-6-8-13/h4-8,11,14-16,20H,9-10,12H2,1-3H3/t14-,15-,16?/m0/s1. The number of aldehydes is 1. The zero-order chi connectivity index (χ0) is 16.2. The molecule has 0 amide bonds. The molecule has 0 radical (unpaired) electrons. The predicted octanol–water partition coefficient (Wildman–Crippen LogP) is 1.94. The minimum Gasteiger partial charge on any atom is -0.372 e. The van der Waals surface area contributed by atoms with Gasteiger partial charge in [-0.25, -0.2) is 4.90 Å². The molecule has 122 valence electrons. The number of aliphatic hydroxyl groups excluding tert-OH is 1. The molecule has 1 unspecified atom stereocenters. The lowest BCUT2D eigenvalue weighted by atomic mass is 10.2. The number of aliphatic hydroxyl groups is 1. The van der Waals surface area contributed by atoms with Crippen LogP contribution in [0.3, 0.4) is 0 Å². The monoisotopic (exact) mass is 307 g/mol. The molecule has 1 aliphatic heterocycles. The summed E-state index contributed by atoms with van der Waals surface area (Å²) in [6.45, 7) is 6.58. The van der Waals surface area contributed by atoms with Gasteiger partial charge < -0.3 is 19.4 Å². The van der Waals surface area contributed by atoms with Gasteiger partial charge in [0.05, 0.1) is 24.4 Å². The summed E-state index contributed by atoms with van der Waals surface area (Å²) in [6, 6.07) is 9.52. The third kappa shape index (κ3) is 4.88. The zero-order valence-electron chi connectivity index (χ0n) is 13.4. The molecule has 0 spiro atoms. The first-order chi connectivity index (χ1) is 10.4. The quantitative estimate of drug-likeness (QED) is 0.643. The second-order valence-electron chi connectivity index (χ2n) is 6.61. The van der Waals surface area contributed by atoms with Crippen molar-refractivity contribution >= 4 is 6.29 Å². The third-order valence-corrected chi connectivity index (χ3v) is 3.57. The average Bonchev–Trinajstić information content (AvgIpc) is 2.88. The molecule has 1 aliphatic rings. The summed E-state index contributed by atoms with van der Waals surface area (Å²) in [5, 5.41) is 10.2. The number of carbonyl (C=O) groups is 1. The van der Waals surface area contributed by atoms with Crippen LogP contribution in [0, 0.1) is 0 Å². The van der Waals surface area contributed by atoms with E-state index in [9.17, 15) is 9.90 Å². The Hall–Kier alpha value is -1.27. The Morgan fingerprint density at radius 2 is 2.05 bits per heavy atom. The highest BCUT2D eigenvalue weighted by molar-refractivity contribution is 5.58. The van der Waals surface area contributed by atoms with E-state index < -0.39 is 12.0 Å². The van der Waals surface area contributed by atoms with E-state index in [1.807, 2.05) is 51.1 Å². The summed E-state index contributed by atoms with van der Waals surface area (Å²) in [5.74, 6) is 0. The second-order valence-corrected chi connectivity index (χ2v) is 6.61. The van der Waals surface area contributed by atoms with Crippen molar-refractivity contribution in [2.24, 2.45) is 0 Å². The molecule has 22 heavy (non-hydrogen) atoms. The van der Waals surface area contributed by atoms with Crippen LogP contribution in [-0.2, 0) is 20.9 Å². The highest BCUT2D eigenvalue weighted by Crippen LogP contribution is 2.24. The Morgan fingerprint density at radius 3 is 2.64 bits per heavy atom. The van der Waals surface area contributed by atoms with Crippen molar-refractivity contribution in [2.75, 3.05) is 6.54 Å². The van der Waals surface area contributed by atoms with Crippen molar-refractivity contribution in [2.45, 2.75) is 58.0 Å². The fourth-order valence-corrected chi connectivity index (χ4v) is 2.53. The van der Waals surface area contributed by atoms with Crippen LogP contribution in [0.4, 0.5) is 0 Å². The van der Waals surface area contributed by atoms with Crippen molar-refractivity contribution in [1.29, 1.82) is 0 Å². The number of likely N-dealkylation sites (tertiary alicyclic amines) is 1. The van der Waals surface area contributed by atoms with Gasteiger partial charge in [0.1, 0.15) is 6.29 Å². The maximum atomic E-state index is 11.2. The van der Waals surface area contributed by atoms with E-state index in [4.69, 9.17) is 9.47 Å². The summed E-state index contributed by atoms with van der Waals surface area (Å²) in [5.41, 5.74) is 0.616. The van der Waals surface area contributed by atoms with Gasteiger partial charge in [-0.15, -0.1) is 0 Å². The van der Waals surface area contributed by atoms with E-state index in [-0.39, 0.29) is 12.1 Å². The van der Waals surface area contributed by atoms with Gasteiger partial charge in [0, 0.05) is 6.54 Å². The number of nitrogens with zero attached hydrogens (tertiary/aromatic N) is 1. The van der Waals surface area contributed by atoms with E-state index in [2.05, 4.69) is 0 Å². The van der Waals surface area contributed by atoms with E-state index >= 15 is 0 Å². The fourth-order valence-electron chi connectivity index (χ4n) is 2.53. The molecule has 1 N–H and O–H groups in total. The summed E-state index contributed by atoms with van der Waals surface area (Å²) >= 11 is 0. The molecule has 1 fully saturated rings. The Balaban J connectivity index is 1.90. The third-order valence-electron chi connectivity index (χ3n) is 3.57. The summed E-state index contributed by atoms with van der Waals surface area (Å²) in [7, 11) is 0. The van der Waals surface area contributed by atoms with Gasteiger partial charge >= 0.3 is 0 Å². The van der Waals surface area contributed by atoms with Gasteiger partial charge in [-0.05, 0) is 32.8 Å². The van der Waals surface area contributed by atoms with Crippen molar-refractivity contribution in [3.63, 3.8) is 0 Å². The van der Waals surface area contributed by atoms with Gasteiger partial charge in [0.25, 0.3) is 0 Å². The van der Waals surface area contributed by atoms with E-state index in [0.29, 0.717) is 19.6 Å². The number of hydrogen-bond acceptors (Lipinski definition) is 5. The smallest absolute Gasteiger partial charge is 0.217 e. The van der Waals surface area contributed by atoms with Crippen molar-refractivity contribution in [3.05, 3.63) is 35.9 Å². The van der Waals surface area contributed by atoms with Crippen molar-refractivity contribution in [1.82, 2.24) is 4.90 Å². The second kappa shape index (κ2) is 7.33. The molecule has 1 saturated heterocycles. The molecule has 1 aromatic rings. The molecule has 5 heteroatoms. The summed E-state index contributed by atoms with van der Waals surface area (Å²) in [4.78, 5) is 12.9. The van der Waals surface area contributed by atoms with Crippen LogP contribution >= 0.6 is 0 Å². The van der Waals surface area contributed by atoms with Gasteiger partial charge in [0.2, 0.25) is 6.41 Å².